The van der Waals surface area contributed by atoms with Gasteiger partial charge in [-0.15, -0.1) is 0 Å². The molecule has 0 bridgehead atoms. The molecule has 0 aliphatic rings. The fourth-order valence-corrected chi connectivity index (χ4v) is 3.77. The molecule has 0 spiro atoms. The van der Waals surface area contributed by atoms with Crippen LogP contribution in [0.25, 0.3) is 0 Å². The summed E-state index contributed by atoms with van der Waals surface area (Å²) in [5.41, 5.74) is 3.69. The smallest absolute Gasteiger partial charge is 0.374 e. The fraction of sp³-hybridized carbons (Fsp3) is 0.269. The second kappa shape index (κ2) is 11.6. The van der Waals surface area contributed by atoms with Crippen LogP contribution in [-0.4, -0.2) is 25.2 Å². The van der Waals surface area contributed by atoms with Gasteiger partial charge in [0.25, 0.3) is 0 Å². The molecule has 3 rings (SSSR count). The van der Waals surface area contributed by atoms with Gasteiger partial charge in [0.2, 0.25) is 5.91 Å². The summed E-state index contributed by atoms with van der Waals surface area (Å²) < 4.78 is 90.3. The van der Waals surface area contributed by atoms with Crippen LogP contribution < -0.4 is 5.73 Å². The molecule has 0 aromatic heterocycles. The van der Waals surface area contributed by atoms with E-state index in [4.69, 9.17) is 15.2 Å². The number of hydrogen-bond acceptors (Lipinski definition) is 3. The van der Waals surface area contributed by atoms with Crippen LogP contribution >= 0.6 is 0 Å². The molecule has 2 N–H and O–H groups in total. The normalized spacial score (nSPS) is 13.1. The van der Waals surface area contributed by atoms with Crippen molar-refractivity contribution in [3.63, 3.8) is 0 Å². The Hall–Kier alpha value is -3.37. The first-order valence-electron chi connectivity index (χ1n) is 10.8. The van der Waals surface area contributed by atoms with Crippen molar-refractivity contribution in [3.05, 3.63) is 107 Å². The maximum Gasteiger partial charge on any atom is 0.416 e. The number of ether oxygens (including phenoxy) is 2. The van der Waals surface area contributed by atoms with Crippen LogP contribution in [0.5, 0.6) is 0 Å². The Morgan fingerprint density at radius 3 is 1.67 bits per heavy atom. The molecule has 0 heterocycles. The Morgan fingerprint density at radius 1 is 0.778 bits per heavy atom. The third-order valence-corrected chi connectivity index (χ3v) is 5.33. The lowest BCUT2D eigenvalue weighted by Gasteiger charge is -2.28. The van der Waals surface area contributed by atoms with Crippen molar-refractivity contribution in [2.24, 2.45) is 5.73 Å². The van der Waals surface area contributed by atoms with Gasteiger partial charge in [0.1, 0.15) is 6.61 Å². The van der Waals surface area contributed by atoms with Gasteiger partial charge in [-0.1, -0.05) is 60.7 Å². The average Bonchev–Trinajstić information content (AvgIpc) is 2.82. The first kappa shape index (κ1) is 27.2. The molecule has 0 aliphatic carbocycles. The first-order chi connectivity index (χ1) is 16.9. The van der Waals surface area contributed by atoms with E-state index in [-0.39, 0.29) is 18.2 Å². The maximum absolute atomic E-state index is 13.2. The van der Waals surface area contributed by atoms with Crippen LogP contribution in [0.15, 0.2) is 78.9 Å². The number of carbonyl (C=O) groups excluding carboxylic acids is 1. The molecule has 1 atom stereocenters. The molecule has 3 aromatic carbocycles. The second-order valence-electron chi connectivity index (χ2n) is 8.04. The summed E-state index contributed by atoms with van der Waals surface area (Å²) in [6.07, 6.45) is -10.8. The van der Waals surface area contributed by atoms with Crippen molar-refractivity contribution in [3.8, 4) is 0 Å². The zero-order chi connectivity index (χ0) is 26.3. The van der Waals surface area contributed by atoms with Gasteiger partial charge < -0.3 is 15.2 Å². The van der Waals surface area contributed by atoms with Crippen LogP contribution in [0.1, 0.15) is 33.7 Å². The minimum atomic E-state index is -4.96. The monoisotopic (exact) mass is 511 g/mol. The predicted molar refractivity (Wildman–Crippen MR) is 120 cm³/mol. The molecule has 192 valence electrons. The van der Waals surface area contributed by atoms with Gasteiger partial charge in [0, 0.05) is 5.92 Å². The molecule has 1 amide bonds. The molecular weight excluding hydrogens is 488 g/mol. The largest absolute Gasteiger partial charge is 0.416 e. The fourth-order valence-electron chi connectivity index (χ4n) is 3.77. The number of rotatable bonds is 10. The van der Waals surface area contributed by atoms with E-state index in [1.165, 1.54) is 0 Å². The third kappa shape index (κ3) is 7.56. The van der Waals surface area contributed by atoms with Gasteiger partial charge in [-0.2, -0.15) is 26.3 Å². The van der Waals surface area contributed by atoms with Crippen LogP contribution in [0.3, 0.4) is 0 Å². The van der Waals surface area contributed by atoms with E-state index in [2.05, 4.69) is 0 Å². The Morgan fingerprint density at radius 2 is 1.25 bits per heavy atom. The van der Waals surface area contributed by atoms with Gasteiger partial charge >= 0.3 is 12.4 Å². The minimum Gasteiger partial charge on any atom is -0.374 e. The highest BCUT2D eigenvalue weighted by atomic mass is 19.4. The molecular formula is C26H23F6NO3. The summed E-state index contributed by atoms with van der Waals surface area (Å²) >= 11 is 0. The molecule has 36 heavy (non-hydrogen) atoms. The van der Waals surface area contributed by atoms with E-state index in [0.29, 0.717) is 12.1 Å². The van der Waals surface area contributed by atoms with E-state index in [1.54, 1.807) is 24.3 Å². The number of nitrogens with two attached hydrogens (primary N) is 1. The van der Waals surface area contributed by atoms with E-state index in [0.717, 1.165) is 11.1 Å². The summed E-state index contributed by atoms with van der Waals surface area (Å²) in [5.74, 6) is -1.20. The van der Waals surface area contributed by atoms with E-state index in [9.17, 15) is 31.1 Å². The average molecular weight is 511 g/mol. The summed E-state index contributed by atoms with van der Waals surface area (Å²) in [6, 6.07) is 19.5. The SMILES string of the molecule is NC(=O)COC(COCc1cc(C(F)(F)F)cc(C(F)(F)F)c1)C(c1ccccc1)c1ccccc1. The highest BCUT2D eigenvalue weighted by Crippen LogP contribution is 2.37. The number of amides is 1. The van der Waals surface area contributed by atoms with E-state index in [1.807, 2.05) is 36.4 Å². The number of benzene rings is 3. The van der Waals surface area contributed by atoms with Crippen LogP contribution in [0, 0.1) is 0 Å². The highest BCUT2D eigenvalue weighted by molar-refractivity contribution is 5.75. The minimum absolute atomic E-state index is 0.0586. The number of primary amides is 1. The number of alkyl halides is 6. The summed E-state index contributed by atoms with van der Waals surface area (Å²) in [6.45, 7) is -1.23. The van der Waals surface area contributed by atoms with E-state index < -0.39 is 54.6 Å². The van der Waals surface area contributed by atoms with Crippen LogP contribution in [0.2, 0.25) is 0 Å². The van der Waals surface area contributed by atoms with Gasteiger partial charge in [-0.25, -0.2) is 0 Å². The standard InChI is InChI=1S/C26H23F6NO3/c27-25(28,29)20-11-17(12-21(13-20)26(30,31)32)14-35-15-22(36-16-23(33)34)24(18-7-3-1-4-8-18)19-9-5-2-6-10-19/h1-13,22,24H,14-16H2,(H2,33,34). The summed E-state index contributed by atoms with van der Waals surface area (Å²) in [4.78, 5) is 11.4. The predicted octanol–water partition coefficient (Wildman–Crippen LogP) is 5.94. The first-order valence-corrected chi connectivity index (χ1v) is 10.8. The Balaban J connectivity index is 1.88. The number of halogens is 6. The second-order valence-corrected chi connectivity index (χ2v) is 8.04. The number of hydrogen-bond donors (Lipinski definition) is 1. The Bertz CT molecular complexity index is 1060. The molecule has 3 aromatic rings. The topological polar surface area (TPSA) is 61.6 Å². The van der Waals surface area contributed by atoms with Gasteiger partial charge in [-0.3, -0.25) is 4.79 Å². The van der Waals surface area contributed by atoms with Crippen molar-refractivity contribution < 1.29 is 40.6 Å². The number of carbonyl (C=O) groups is 1. The molecule has 10 heteroatoms. The lowest BCUT2D eigenvalue weighted by molar-refractivity contribution is -0.143. The van der Waals surface area contributed by atoms with Gasteiger partial charge in [0.05, 0.1) is 30.4 Å². The van der Waals surface area contributed by atoms with Crippen molar-refractivity contribution in [1.29, 1.82) is 0 Å². The summed E-state index contributed by atoms with van der Waals surface area (Å²) in [5, 5.41) is 0. The third-order valence-electron chi connectivity index (χ3n) is 5.33. The lowest BCUT2D eigenvalue weighted by atomic mass is 9.86. The van der Waals surface area contributed by atoms with Crippen molar-refractivity contribution in [2.75, 3.05) is 13.2 Å². The molecule has 0 saturated heterocycles. The quantitative estimate of drug-likeness (QED) is 0.343. The molecule has 0 fully saturated rings. The molecule has 0 saturated carbocycles. The molecule has 0 radical (unpaired) electrons. The van der Waals surface area contributed by atoms with Gasteiger partial charge in [0.15, 0.2) is 0 Å². The zero-order valence-electron chi connectivity index (χ0n) is 18.9. The molecule has 1 unspecified atom stereocenters. The maximum atomic E-state index is 13.2. The van der Waals surface area contributed by atoms with Gasteiger partial charge in [-0.05, 0) is 34.9 Å². The van der Waals surface area contributed by atoms with Crippen molar-refractivity contribution >= 4 is 5.91 Å². The molecule has 0 aliphatic heterocycles. The Kier molecular flexibility index (Phi) is 8.75. The van der Waals surface area contributed by atoms with E-state index >= 15 is 0 Å². The lowest BCUT2D eigenvalue weighted by Crippen LogP contribution is -2.32. The van der Waals surface area contributed by atoms with Crippen LogP contribution in [0.4, 0.5) is 26.3 Å². The Labute approximate surface area is 203 Å². The zero-order valence-corrected chi connectivity index (χ0v) is 18.9. The van der Waals surface area contributed by atoms with Crippen LogP contribution in [-0.2, 0) is 33.2 Å². The van der Waals surface area contributed by atoms with Crippen molar-refractivity contribution in [1.82, 2.24) is 0 Å². The molecule has 4 nitrogen and oxygen atoms in total. The summed E-state index contributed by atoms with van der Waals surface area (Å²) in [7, 11) is 0. The highest BCUT2D eigenvalue weighted by Gasteiger charge is 2.37. The van der Waals surface area contributed by atoms with Crippen molar-refractivity contribution in [2.45, 2.75) is 31.0 Å².